The number of hydrogen-bond donors (Lipinski definition) is 1. The number of hydrogen-bond acceptors (Lipinski definition) is 6. The molecule has 0 bridgehead atoms. The van der Waals surface area contributed by atoms with Gasteiger partial charge in [-0.1, -0.05) is 13.3 Å². The van der Waals surface area contributed by atoms with E-state index in [4.69, 9.17) is 14.2 Å². The van der Waals surface area contributed by atoms with Gasteiger partial charge in [0, 0.05) is 5.56 Å². The van der Waals surface area contributed by atoms with Crippen LogP contribution in [0.3, 0.4) is 0 Å². The summed E-state index contributed by atoms with van der Waals surface area (Å²) in [4.78, 5) is 24.5. The minimum Gasteiger partial charge on any atom is -0.494 e. The second kappa shape index (κ2) is 12.8. The van der Waals surface area contributed by atoms with Crippen molar-refractivity contribution in [2.45, 2.75) is 26.7 Å². The Kier molecular flexibility index (Phi) is 9.22. The fourth-order valence-electron chi connectivity index (χ4n) is 2.91. The molecule has 176 valence electrons. The molecule has 3 rings (SSSR count). The van der Waals surface area contributed by atoms with Crippen LogP contribution in [0.2, 0.25) is 0 Å². The average Bonchev–Trinajstić information content (AvgIpc) is 2.86. The smallest absolute Gasteiger partial charge is 0.343 e. The maximum Gasteiger partial charge on any atom is 0.343 e. The number of nitrogens with zero attached hydrogens (tertiary/aromatic N) is 1. The number of unbranched alkanes of at least 4 members (excludes halogenated alkanes) is 1. The third-order valence-electron chi connectivity index (χ3n) is 4.75. The van der Waals surface area contributed by atoms with E-state index in [9.17, 15) is 9.59 Å². The molecule has 3 aromatic carbocycles. The third kappa shape index (κ3) is 7.48. The van der Waals surface area contributed by atoms with Crippen molar-refractivity contribution in [1.29, 1.82) is 0 Å². The zero-order chi connectivity index (χ0) is 24.2. The fraction of sp³-hybridized carbons (Fsp3) is 0.222. The lowest BCUT2D eigenvalue weighted by Crippen LogP contribution is -2.17. The Labute approximate surface area is 199 Å². The topological polar surface area (TPSA) is 86.2 Å². The van der Waals surface area contributed by atoms with Crippen molar-refractivity contribution in [3.63, 3.8) is 0 Å². The number of nitrogens with one attached hydrogen (secondary N) is 1. The van der Waals surface area contributed by atoms with Gasteiger partial charge in [-0.2, -0.15) is 5.10 Å². The lowest BCUT2D eigenvalue weighted by molar-refractivity contribution is 0.0734. The Bertz CT molecular complexity index is 1090. The minimum absolute atomic E-state index is 0.322. The van der Waals surface area contributed by atoms with Crippen LogP contribution in [0.25, 0.3) is 0 Å². The maximum atomic E-state index is 12.3. The highest BCUT2D eigenvalue weighted by Crippen LogP contribution is 2.17. The number of esters is 1. The third-order valence-corrected chi connectivity index (χ3v) is 4.75. The van der Waals surface area contributed by atoms with E-state index < -0.39 is 5.97 Å². The predicted molar refractivity (Wildman–Crippen MR) is 131 cm³/mol. The molecule has 0 atom stereocenters. The molecule has 0 spiro atoms. The molecular weight excluding hydrogens is 432 g/mol. The molecular formula is C27H28N2O5. The van der Waals surface area contributed by atoms with Crippen molar-refractivity contribution in [2.24, 2.45) is 5.10 Å². The molecule has 0 aliphatic rings. The number of carbonyl (C=O) groups excluding carboxylic acids is 2. The van der Waals surface area contributed by atoms with Gasteiger partial charge in [-0.05, 0) is 91.7 Å². The summed E-state index contributed by atoms with van der Waals surface area (Å²) < 4.78 is 16.4. The predicted octanol–water partition coefficient (Wildman–Crippen LogP) is 5.25. The summed E-state index contributed by atoms with van der Waals surface area (Å²) in [7, 11) is 0. The van der Waals surface area contributed by atoms with Crippen LogP contribution in [0.4, 0.5) is 0 Å². The van der Waals surface area contributed by atoms with E-state index in [0.29, 0.717) is 35.8 Å². The molecule has 7 nitrogen and oxygen atoms in total. The number of hydrazone groups is 1. The van der Waals surface area contributed by atoms with Crippen molar-refractivity contribution >= 4 is 18.1 Å². The Balaban J connectivity index is 1.48. The Morgan fingerprint density at radius 2 is 1.38 bits per heavy atom. The van der Waals surface area contributed by atoms with E-state index in [1.54, 1.807) is 72.8 Å². The van der Waals surface area contributed by atoms with Crippen molar-refractivity contribution < 1.29 is 23.8 Å². The van der Waals surface area contributed by atoms with E-state index in [0.717, 1.165) is 24.2 Å². The molecule has 0 saturated heterocycles. The van der Waals surface area contributed by atoms with Crippen molar-refractivity contribution in [1.82, 2.24) is 5.43 Å². The van der Waals surface area contributed by atoms with Gasteiger partial charge in [0.1, 0.15) is 17.2 Å². The number of rotatable bonds is 11. The van der Waals surface area contributed by atoms with Crippen molar-refractivity contribution in [3.8, 4) is 17.2 Å². The average molecular weight is 461 g/mol. The molecule has 0 aliphatic heterocycles. The number of amides is 1. The van der Waals surface area contributed by atoms with Crippen LogP contribution in [-0.4, -0.2) is 31.3 Å². The van der Waals surface area contributed by atoms with Crippen molar-refractivity contribution in [2.75, 3.05) is 13.2 Å². The molecule has 0 aliphatic carbocycles. The quantitative estimate of drug-likeness (QED) is 0.139. The first kappa shape index (κ1) is 24.5. The normalized spacial score (nSPS) is 10.6. The van der Waals surface area contributed by atoms with Gasteiger partial charge >= 0.3 is 5.97 Å². The molecule has 0 fully saturated rings. The van der Waals surface area contributed by atoms with Gasteiger partial charge < -0.3 is 14.2 Å². The first-order valence-corrected chi connectivity index (χ1v) is 11.2. The summed E-state index contributed by atoms with van der Waals surface area (Å²) in [5.41, 5.74) is 4.14. The highest BCUT2D eigenvalue weighted by Gasteiger charge is 2.09. The Morgan fingerprint density at radius 3 is 2.00 bits per heavy atom. The van der Waals surface area contributed by atoms with E-state index in [1.807, 2.05) is 6.92 Å². The van der Waals surface area contributed by atoms with E-state index in [-0.39, 0.29) is 5.91 Å². The van der Waals surface area contributed by atoms with Gasteiger partial charge in [0.25, 0.3) is 5.91 Å². The van der Waals surface area contributed by atoms with Crippen molar-refractivity contribution in [3.05, 3.63) is 89.5 Å². The highest BCUT2D eigenvalue weighted by atomic mass is 16.5. The zero-order valence-corrected chi connectivity index (χ0v) is 19.3. The lowest BCUT2D eigenvalue weighted by Gasteiger charge is -2.06. The lowest BCUT2D eigenvalue weighted by atomic mass is 10.2. The summed E-state index contributed by atoms with van der Waals surface area (Å²) in [5.74, 6) is 1.05. The molecule has 0 unspecified atom stereocenters. The molecule has 3 aromatic rings. The SMILES string of the molecule is CCCCOc1ccc(C(=O)NN=Cc2ccc(OC(=O)c3ccc(OCC)cc3)cc2)cc1. The summed E-state index contributed by atoms with van der Waals surface area (Å²) in [6, 6.07) is 20.5. The standard InChI is InChI=1S/C27H28N2O5/c1-3-5-18-33-24-14-8-21(9-15-24)26(30)29-28-19-20-6-12-25(13-7-20)34-27(31)22-10-16-23(17-11-22)32-4-2/h6-17,19H,3-5,18H2,1-2H3,(H,29,30). The van der Waals surface area contributed by atoms with Gasteiger partial charge in [-0.3, -0.25) is 4.79 Å². The second-order valence-corrected chi connectivity index (χ2v) is 7.34. The molecule has 0 heterocycles. The van der Waals surface area contributed by atoms with E-state index in [1.165, 1.54) is 6.21 Å². The summed E-state index contributed by atoms with van der Waals surface area (Å²) in [5, 5.41) is 3.99. The molecule has 34 heavy (non-hydrogen) atoms. The number of ether oxygens (including phenoxy) is 3. The number of benzene rings is 3. The van der Waals surface area contributed by atoms with Gasteiger partial charge in [0.05, 0.1) is 25.0 Å². The van der Waals surface area contributed by atoms with Crippen LogP contribution < -0.4 is 19.6 Å². The summed E-state index contributed by atoms with van der Waals surface area (Å²) in [6.45, 7) is 5.22. The maximum absolute atomic E-state index is 12.3. The minimum atomic E-state index is -0.460. The van der Waals surface area contributed by atoms with E-state index >= 15 is 0 Å². The number of carbonyl (C=O) groups is 2. The fourth-order valence-corrected chi connectivity index (χ4v) is 2.91. The first-order chi connectivity index (χ1) is 16.6. The monoisotopic (exact) mass is 460 g/mol. The van der Waals surface area contributed by atoms with Crippen LogP contribution in [0.1, 0.15) is 53.0 Å². The Morgan fingerprint density at radius 1 is 0.794 bits per heavy atom. The van der Waals surface area contributed by atoms with Crippen LogP contribution in [0.15, 0.2) is 77.9 Å². The second-order valence-electron chi connectivity index (χ2n) is 7.34. The molecule has 0 aromatic heterocycles. The van der Waals surface area contributed by atoms with Crippen LogP contribution in [0, 0.1) is 0 Å². The van der Waals surface area contributed by atoms with Crippen LogP contribution in [-0.2, 0) is 0 Å². The van der Waals surface area contributed by atoms with Crippen LogP contribution >= 0.6 is 0 Å². The summed E-state index contributed by atoms with van der Waals surface area (Å²) in [6.07, 6.45) is 3.57. The summed E-state index contributed by atoms with van der Waals surface area (Å²) >= 11 is 0. The van der Waals surface area contributed by atoms with Gasteiger partial charge in [0.2, 0.25) is 0 Å². The first-order valence-electron chi connectivity index (χ1n) is 11.2. The van der Waals surface area contributed by atoms with E-state index in [2.05, 4.69) is 17.5 Å². The largest absolute Gasteiger partial charge is 0.494 e. The molecule has 7 heteroatoms. The van der Waals surface area contributed by atoms with Crippen LogP contribution in [0.5, 0.6) is 17.2 Å². The molecule has 0 saturated carbocycles. The molecule has 1 N–H and O–H groups in total. The van der Waals surface area contributed by atoms with Gasteiger partial charge in [-0.15, -0.1) is 0 Å². The molecule has 1 amide bonds. The zero-order valence-electron chi connectivity index (χ0n) is 19.3. The Hall–Kier alpha value is -4.13. The highest BCUT2D eigenvalue weighted by molar-refractivity contribution is 5.95. The molecule has 0 radical (unpaired) electrons. The van der Waals surface area contributed by atoms with Gasteiger partial charge in [0.15, 0.2) is 0 Å². The van der Waals surface area contributed by atoms with Gasteiger partial charge in [-0.25, -0.2) is 10.2 Å².